The van der Waals surface area contributed by atoms with Crippen molar-refractivity contribution in [2.24, 2.45) is 11.8 Å². The zero-order valence-electron chi connectivity index (χ0n) is 13.5. The second-order valence-corrected chi connectivity index (χ2v) is 6.41. The number of ketones is 1. The Hall–Kier alpha value is -1.64. The van der Waals surface area contributed by atoms with Gasteiger partial charge in [-0.2, -0.15) is 0 Å². The van der Waals surface area contributed by atoms with Crippen LogP contribution in [0.4, 0.5) is 0 Å². The minimum Gasteiger partial charge on any atom is -0.481 e. The zero-order valence-corrected chi connectivity index (χ0v) is 13.5. The molecule has 1 fully saturated rings. The number of carboxylic acid groups (broad SMARTS) is 1. The monoisotopic (exact) mass is 288 g/mol. The first-order chi connectivity index (χ1) is 9.75. The summed E-state index contributed by atoms with van der Waals surface area (Å²) in [6, 6.07) is 0. The number of hydrogen-bond acceptors (Lipinski definition) is 2. The van der Waals surface area contributed by atoms with Gasteiger partial charge in [0.25, 0.3) is 0 Å². The molecule has 2 unspecified atom stereocenters. The molecule has 1 aliphatic rings. The molecule has 3 heteroatoms. The Kier molecular flexibility index (Phi) is 4.22. The van der Waals surface area contributed by atoms with Crippen LogP contribution in [0.5, 0.6) is 0 Å². The van der Waals surface area contributed by atoms with Crippen LogP contribution in [0.25, 0.3) is 0 Å². The lowest BCUT2D eigenvalue weighted by Gasteiger charge is -2.20. The van der Waals surface area contributed by atoms with Crippen LogP contribution in [-0.2, 0) is 4.79 Å². The molecule has 1 aliphatic carbocycles. The SMILES string of the molecule is Cc1c(C)c(C)c(C(=O)C2CCC(C(=O)O)C2)c(C)c1C. The van der Waals surface area contributed by atoms with Gasteiger partial charge >= 0.3 is 5.97 Å². The van der Waals surface area contributed by atoms with Gasteiger partial charge < -0.3 is 5.11 Å². The average Bonchev–Trinajstić information content (AvgIpc) is 2.93. The molecule has 2 atom stereocenters. The van der Waals surface area contributed by atoms with E-state index in [1.54, 1.807) is 0 Å². The minimum atomic E-state index is -0.769. The molecule has 0 saturated heterocycles. The summed E-state index contributed by atoms with van der Waals surface area (Å²) >= 11 is 0. The molecule has 1 saturated carbocycles. The Balaban J connectivity index is 2.39. The average molecular weight is 288 g/mol. The van der Waals surface area contributed by atoms with Gasteiger partial charge in [0.1, 0.15) is 0 Å². The first-order valence-corrected chi connectivity index (χ1v) is 7.59. The Morgan fingerprint density at radius 1 is 0.810 bits per heavy atom. The Bertz CT molecular complexity index is 584. The highest BCUT2D eigenvalue weighted by atomic mass is 16.4. The van der Waals surface area contributed by atoms with E-state index in [9.17, 15) is 9.59 Å². The molecule has 0 aromatic heterocycles. The molecule has 0 aliphatic heterocycles. The van der Waals surface area contributed by atoms with E-state index < -0.39 is 5.97 Å². The van der Waals surface area contributed by atoms with Crippen LogP contribution in [0, 0.1) is 46.5 Å². The van der Waals surface area contributed by atoms with Crippen molar-refractivity contribution in [3.05, 3.63) is 33.4 Å². The molecular formula is C18H24O3. The van der Waals surface area contributed by atoms with E-state index in [0.717, 1.165) is 16.7 Å². The fraction of sp³-hybridized carbons (Fsp3) is 0.556. The predicted octanol–water partition coefficient (Wildman–Crippen LogP) is 3.91. The van der Waals surface area contributed by atoms with Gasteiger partial charge in [0.15, 0.2) is 5.78 Å². The lowest BCUT2D eigenvalue weighted by atomic mass is 9.84. The van der Waals surface area contributed by atoms with E-state index in [-0.39, 0.29) is 17.6 Å². The Morgan fingerprint density at radius 2 is 1.24 bits per heavy atom. The third-order valence-electron chi connectivity index (χ3n) is 5.40. The summed E-state index contributed by atoms with van der Waals surface area (Å²) in [4.78, 5) is 24.0. The van der Waals surface area contributed by atoms with Crippen LogP contribution in [-0.4, -0.2) is 16.9 Å². The third kappa shape index (κ3) is 2.61. The van der Waals surface area contributed by atoms with Gasteiger partial charge in [-0.15, -0.1) is 0 Å². The highest BCUT2D eigenvalue weighted by Gasteiger charge is 2.35. The maximum atomic E-state index is 12.9. The molecule has 0 bridgehead atoms. The summed E-state index contributed by atoms with van der Waals surface area (Å²) in [5.41, 5.74) is 6.53. The van der Waals surface area contributed by atoms with Gasteiger partial charge in [0.05, 0.1) is 5.92 Å². The largest absolute Gasteiger partial charge is 0.481 e. The van der Waals surface area contributed by atoms with Crippen molar-refractivity contribution in [2.75, 3.05) is 0 Å². The summed E-state index contributed by atoms with van der Waals surface area (Å²) in [5.74, 6) is -1.12. The van der Waals surface area contributed by atoms with Crippen molar-refractivity contribution < 1.29 is 14.7 Å². The molecule has 21 heavy (non-hydrogen) atoms. The van der Waals surface area contributed by atoms with Crippen LogP contribution in [0.1, 0.15) is 57.4 Å². The van der Waals surface area contributed by atoms with Gasteiger partial charge in [-0.1, -0.05) is 0 Å². The van der Waals surface area contributed by atoms with Crippen LogP contribution in [0.15, 0.2) is 0 Å². The summed E-state index contributed by atoms with van der Waals surface area (Å²) in [6.07, 6.45) is 1.80. The Morgan fingerprint density at radius 3 is 1.67 bits per heavy atom. The number of rotatable bonds is 3. The molecule has 0 radical (unpaired) electrons. The number of carbonyl (C=O) groups excluding carboxylic acids is 1. The van der Waals surface area contributed by atoms with Crippen molar-refractivity contribution in [3.8, 4) is 0 Å². The van der Waals surface area contributed by atoms with Gasteiger partial charge in [0.2, 0.25) is 0 Å². The standard InChI is InChI=1S/C18H24O3/c1-9-10(2)12(4)16(13(5)11(9)3)17(19)14-6-7-15(8-14)18(20)21/h14-15H,6-8H2,1-5H3,(H,20,21). The molecule has 2 rings (SSSR count). The maximum absolute atomic E-state index is 12.9. The zero-order chi connectivity index (χ0) is 15.9. The molecule has 0 amide bonds. The Labute approximate surface area is 126 Å². The molecule has 0 heterocycles. The van der Waals surface area contributed by atoms with Gasteiger partial charge in [-0.3, -0.25) is 9.59 Å². The maximum Gasteiger partial charge on any atom is 0.306 e. The van der Waals surface area contributed by atoms with Crippen molar-refractivity contribution in [1.82, 2.24) is 0 Å². The fourth-order valence-electron chi connectivity index (χ4n) is 3.52. The third-order valence-corrected chi connectivity index (χ3v) is 5.40. The number of aliphatic carboxylic acids is 1. The summed E-state index contributed by atoms with van der Waals surface area (Å²) in [6.45, 7) is 10.2. The van der Waals surface area contributed by atoms with Crippen LogP contribution in [0.2, 0.25) is 0 Å². The normalized spacial score (nSPS) is 21.6. The van der Waals surface area contributed by atoms with Crippen molar-refractivity contribution in [2.45, 2.75) is 53.9 Å². The van der Waals surface area contributed by atoms with E-state index in [1.807, 2.05) is 13.8 Å². The van der Waals surface area contributed by atoms with E-state index >= 15 is 0 Å². The molecule has 1 N–H and O–H groups in total. The summed E-state index contributed by atoms with van der Waals surface area (Å²) < 4.78 is 0. The van der Waals surface area contributed by atoms with Crippen molar-refractivity contribution in [3.63, 3.8) is 0 Å². The van der Waals surface area contributed by atoms with Crippen LogP contribution in [0.3, 0.4) is 0 Å². The predicted molar refractivity (Wildman–Crippen MR) is 82.9 cm³/mol. The number of Topliss-reactive ketones (excluding diaryl/α,β-unsaturated/α-hetero) is 1. The highest BCUT2D eigenvalue weighted by Crippen LogP contribution is 2.36. The molecule has 1 aromatic rings. The smallest absolute Gasteiger partial charge is 0.306 e. The van der Waals surface area contributed by atoms with E-state index in [0.29, 0.717) is 19.3 Å². The van der Waals surface area contributed by atoms with Gasteiger partial charge in [-0.05, 0) is 81.7 Å². The summed E-state index contributed by atoms with van der Waals surface area (Å²) in [7, 11) is 0. The van der Waals surface area contributed by atoms with E-state index in [4.69, 9.17) is 5.11 Å². The van der Waals surface area contributed by atoms with E-state index in [1.165, 1.54) is 16.7 Å². The second kappa shape index (κ2) is 5.63. The number of carboxylic acids is 1. The molecule has 114 valence electrons. The number of carbonyl (C=O) groups is 2. The number of benzene rings is 1. The quantitative estimate of drug-likeness (QED) is 0.858. The molecule has 0 spiro atoms. The fourth-order valence-corrected chi connectivity index (χ4v) is 3.52. The highest BCUT2D eigenvalue weighted by molar-refractivity contribution is 6.01. The van der Waals surface area contributed by atoms with Crippen molar-refractivity contribution in [1.29, 1.82) is 0 Å². The minimum absolute atomic E-state index is 0.134. The lowest BCUT2D eigenvalue weighted by molar-refractivity contribution is -0.141. The van der Waals surface area contributed by atoms with E-state index in [2.05, 4.69) is 20.8 Å². The first-order valence-electron chi connectivity index (χ1n) is 7.59. The van der Waals surface area contributed by atoms with Crippen LogP contribution < -0.4 is 0 Å². The topological polar surface area (TPSA) is 54.4 Å². The summed E-state index contributed by atoms with van der Waals surface area (Å²) in [5, 5.41) is 9.11. The second-order valence-electron chi connectivity index (χ2n) is 6.41. The van der Waals surface area contributed by atoms with Crippen LogP contribution >= 0.6 is 0 Å². The first kappa shape index (κ1) is 15.7. The molecule has 1 aromatic carbocycles. The molecular weight excluding hydrogens is 264 g/mol. The van der Waals surface area contributed by atoms with Gasteiger partial charge in [-0.25, -0.2) is 0 Å². The number of hydrogen-bond donors (Lipinski definition) is 1. The van der Waals surface area contributed by atoms with Crippen molar-refractivity contribution >= 4 is 11.8 Å². The van der Waals surface area contributed by atoms with Gasteiger partial charge in [0, 0.05) is 11.5 Å². The lowest BCUT2D eigenvalue weighted by Crippen LogP contribution is -2.18. The molecule has 3 nitrogen and oxygen atoms in total.